The normalized spacial score (nSPS) is 15.2. The number of hydrogen-bond donors (Lipinski definition) is 1. The zero-order valence-electron chi connectivity index (χ0n) is 13.7. The summed E-state index contributed by atoms with van der Waals surface area (Å²) >= 11 is 0. The summed E-state index contributed by atoms with van der Waals surface area (Å²) < 4.78 is 16.7. The van der Waals surface area contributed by atoms with E-state index in [1.807, 2.05) is 6.07 Å². The number of aromatic nitrogens is 2. The first-order chi connectivity index (χ1) is 13.1. The second-order valence-electron chi connectivity index (χ2n) is 5.54. The molecule has 0 saturated carbocycles. The van der Waals surface area contributed by atoms with Crippen LogP contribution in [0.25, 0.3) is 0 Å². The van der Waals surface area contributed by atoms with E-state index in [1.165, 1.54) is 24.3 Å². The Morgan fingerprint density at radius 2 is 1.85 bits per heavy atom. The summed E-state index contributed by atoms with van der Waals surface area (Å²) in [6.45, 7) is 0.163. The second kappa shape index (κ2) is 6.75. The molecule has 1 amide bonds. The van der Waals surface area contributed by atoms with Gasteiger partial charge in [-0.05, 0) is 18.2 Å². The van der Waals surface area contributed by atoms with Gasteiger partial charge in [0.15, 0.2) is 11.5 Å². The monoisotopic (exact) mass is 368 g/mol. The van der Waals surface area contributed by atoms with E-state index in [9.17, 15) is 14.9 Å². The molecule has 0 bridgehead atoms. The van der Waals surface area contributed by atoms with Gasteiger partial charge in [0.05, 0.1) is 4.92 Å². The highest BCUT2D eigenvalue weighted by molar-refractivity contribution is 6.06. The van der Waals surface area contributed by atoms with Gasteiger partial charge < -0.3 is 13.9 Å². The van der Waals surface area contributed by atoms with Crippen LogP contribution in [0.3, 0.4) is 0 Å². The molecule has 1 N–H and O–H groups in total. The summed E-state index contributed by atoms with van der Waals surface area (Å²) in [5, 5.41) is 21.0. The summed E-state index contributed by atoms with van der Waals surface area (Å²) in [7, 11) is 0. The maximum Gasteiger partial charge on any atom is 0.322 e. The van der Waals surface area contributed by atoms with Crippen LogP contribution in [-0.2, 0) is 0 Å². The smallest absolute Gasteiger partial charge is 0.322 e. The lowest BCUT2D eigenvalue weighted by atomic mass is 10.1. The van der Waals surface area contributed by atoms with Crippen molar-refractivity contribution in [3.8, 4) is 11.5 Å². The number of hydrogen-bond acceptors (Lipinski definition) is 8. The van der Waals surface area contributed by atoms with Crippen LogP contribution in [0.1, 0.15) is 22.4 Å². The highest BCUT2D eigenvalue weighted by Gasteiger charge is 2.28. The van der Waals surface area contributed by atoms with E-state index in [4.69, 9.17) is 13.9 Å². The van der Waals surface area contributed by atoms with Crippen molar-refractivity contribution >= 4 is 17.6 Å². The number of ether oxygens (including phenoxy) is 2. The number of fused-ring (bicyclic) bond motifs is 1. The Kier molecular flexibility index (Phi) is 4.13. The van der Waals surface area contributed by atoms with Crippen molar-refractivity contribution < 1.29 is 23.6 Å². The minimum absolute atomic E-state index is 0.113. The SMILES string of the molecule is O=C(Nc1nnc(C2COc3ccccc3O2)o1)c1ccccc1[N+](=O)[O-]. The molecule has 0 aliphatic carbocycles. The Bertz CT molecular complexity index is 1020. The maximum absolute atomic E-state index is 12.3. The third kappa shape index (κ3) is 3.27. The third-order valence-electron chi connectivity index (χ3n) is 3.79. The Balaban J connectivity index is 1.49. The van der Waals surface area contributed by atoms with Crippen LogP contribution in [0.4, 0.5) is 11.7 Å². The Hall–Kier alpha value is -3.95. The van der Waals surface area contributed by atoms with E-state index < -0.39 is 16.9 Å². The van der Waals surface area contributed by atoms with Crippen LogP contribution < -0.4 is 14.8 Å². The molecule has 0 saturated heterocycles. The molecule has 1 aliphatic rings. The fourth-order valence-electron chi connectivity index (χ4n) is 2.55. The number of amides is 1. The van der Waals surface area contributed by atoms with E-state index in [1.54, 1.807) is 18.2 Å². The first-order valence-electron chi connectivity index (χ1n) is 7.88. The van der Waals surface area contributed by atoms with Crippen molar-refractivity contribution in [1.29, 1.82) is 0 Å². The Morgan fingerprint density at radius 1 is 1.11 bits per heavy atom. The number of nitro groups is 1. The van der Waals surface area contributed by atoms with Crippen molar-refractivity contribution in [3.05, 3.63) is 70.1 Å². The van der Waals surface area contributed by atoms with Gasteiger partial charge in [-0.3, -0.25) is 20.2 Å². The highest BCUT2D eigenvalue weighted by Crippen LogP contribution is 2.35. The Labute approximate surface area is 151 Å². The molecule has 2 heterocycles. The molecule has 0 fully saturated rings. The van der Waals surface area contributed by atoms with Crippen LogP contribution in [-0.4, -0.2) is 27.6 Å². The van der Waals surface area contributed by atoms with Crippen LogP contribution in [0.15, 0.2) is 52.9 Å². The molecular formula is C17H12N4O6. The zero-order chi connectivity index (χ0) is 18.8. The predicted molar refractivity (Wildman–Crippen MR) is 90.7 cm³/mol. The minimum Gasteiger partial charge on any atom is -0.485 e. The first kappa shape index (κ1) is 16.5. The molecule has 136 valence electrons. The van der Waals surface area contributed by atoms with Crippen molar-refractivity contribution in [1.82, 2.24) is 10.2 Å². The molecule has 1 atom stereocenters. The lowest BCUT2D eigenvalue weighted by Crippen LogP contribution is -2.21. The average molecular weight is 368 g/mol. The largest absolute Gasteiger partial charge is 0.485 e. The number of benzene rings is 2. The highest BCUT2D eigenvalue weighted by atomic mass is 16.6. The predicted octanol–water partition coefficient (Wildman–Crippen LogP) is 2.74. The van der Waals surface area contributed by atoms with Crippen molar-refractivity contribution in [2.45, 2.75) is 6.10 Å². The van der Waals surface area contributed by atoms with E-state index in [0.29, 0.717) is 11.5 Å². The van der Waals surface area contributed by atoms with E-state index >= 15 is 0 Å². The fourth-order valence-corrected chi connectivity index (χ4v) is 2.55. The molecular weight excluding hydrogens is 356 g/mol. The summed E-state index contributed by atoms with van der Waals surface area (Å²) in [6, 6.07) is 12.5. The fraction of sp³-hybridized carbons (Fsp3) is 0.118. The summed E-state index contributed by atoms with van der Waals surface area (Å²) in [4.78, 5) is 22.7. The van der Waals surface area contributed by atoms with Crippen molar-refractivity contribution in [3.63, 3.8) is 0 Å². The second-order valence-corrected chi connectivity index (χ2v) is 5.54. The molecule has 4 rings (SSSR count). The van der Waals surface area contributed by atoms with Crippen molar-refractivity contribution in [2.24, 2.45) is 0 Å². The van der Waals surface area contributed by atoms with Crippen molar-refractivity contribution in [2.75, 3.05) is 11.9 Å². The van der Waals surface area contributed by atoms with Gasteiger partial charge in [0.25, 0.3) is 17.5 Å². The lowest BCUT2D eigenvalue weighted by molar-refractivity contribution is -0.385. The topological polar surface area (TPSA) is 130 Å². The van der Waals surface area contributed by atoms with E-state index in [2.05, 4.69) is 15.5 Å². The number of nitro benzene ring substituents is 1. The zero-order valence-corrected chi connectivity index (χ0v) is 13.7. The summed E-state index contributed by atoms with van der Waals surface area (Å²) in [6.07, 6.45) is -0.635. The van der Waals surface area contributed by atoms with Gasteiger partial charge in [0.2, 0.25) is 6.10 Å². The molecule has 3 aromatic rings. The van der Waals surface area contributed by atoms with Gasteiger partial charge in [-0.25, -0.2) is 0 Å². The maximum atomic E-state index is 12.3. The molecule has 1 aromatic heterocycles. The van der Waals surface area contributed by atoms with Crippen LogP contribution in [0.2, 0.25) is 0 Å². The van der Waals surface area contributed by atoms with Gasteiger partial charge in [-0.15, -0.1) is 5.10 Å². The molecule has 2 aromatic carbocycles. The lowest BCUT2D eigenvalue weighted by Gasteiger charge is -2.23. The van der Waals surface area contributed by atoms with Crippen LogP contribution in [0.5, 0.6) is 11.5 Å². The number of anilines is 1. The van der Waals surface area contributed by atoms with E-state index in [0.717, 1.165) is 0 Å². The van der Waals surface area contributed by atoms with E-state index in [-0.39, 0.29) is 29.8 Å². The molecule has 0 spiro atoms. The van der Waals surface area contributed by atoms with Crippen LogP contribution >= 0.6 is 0 Å². The standard InChI is InChI=1S/C17H12N4O6/c22-15(10-5-1-2-6-11(10)21(23)24)18-17-20-19-16(27-17)14-9-25-12-7-3-4-8-13(12)26-14/h1-8,14H,9H2,(H,18,20,22). The number of carbonyl (C=O) groups is 1. The van der Waals surface area contributed by atoms with Gasteiger partial charge in [0, 0.05) is 6.07 Å². The number of nitrogens with zero attached hydrogens (tertiary/aromatic N) is 3. The molecule has 27 heavy (non-hydrogen) atoms. The number of para-hydroxylation sites is 3. The average Bonchev–Trinajstić information content (AvgIpc) is 3.16. The van der Waals surface area contributed by atoms with Crippen LogP contribution in [0, 0.1) is 10.1 Å². The Morgan fingerprint density at radius 3 is 2.67 bits per heavy atom. The quantitative estimate of drug-likeness (QED) is 0.549. The molecule has 1 aliphatic heterocycles. The summed E-state index contributed by atoms with van der Waals surface area (Å²) in [5.41, 5.74) is -0.441. The van der Waals surface area contributed by atoms with Gasteiger partial charge in [-0.1, -0.05) is 29.4 Å². The van der Waals surface area contributed by atoms with Gasteiger partial charge in [0.1, 0.15) is 12.2 Å². The van der Waals surface area contributed by atoms with Gasteiger partial charge >= 0.3 is 6.01 Å². The third-order valence-corrected chi connectivity index (χ3v) is 3.79. The number of carbonyl (C=O) groups excluding carboxylic acids is 1. The number of nitrogens with one attached hydrogen (secondary N) is 1. The molecule has 10 heteroatoms. The van der Waals surface area contributed by atoms with Gasteiger partial charge in [-0.2, -0.15) is 0 Å². The summed E-state index contributed by atoms with van der Waals surface area (Å²) in [5.74, 6) is 0.529. The first-order valence-corrected chi connectivity index (χ1v) is 7.88. The molecule has 10 nitrogen and oxygen atoms in total. The minimum atomic E-state index is -0.733. The number of rotatable bonds is 4. The molecule has 0 radical (unpaired) electrons. The molecule has 1 unspecified atom stereocenters.